The lowest BCUT2D eigenvalue weighted by molar-refractivity contribution is -0.126. The first-order valence-electron chi connectivity index (χ1n) is 7.74. The number of halogens is 1. The van der Waals surface area contributed by atoms with Gasteiger partial charge in [-0.3, -0.25) is 4.79 Å². The minimum Gasteiger partial charge on any atom is -0.345 e. The smallest absolute Gasteiger partial charge is 0.243 e. The Labute approximate surface area is 136 Å². The maximum Gasteiger partial charge on any atom is 0.243 e. The summed E-state index contributed by atoms with van der Waals surface area (Å²) in [6, 6.07) is 4.02. The molecule has 126 valence electrons. The standard InChI is InChI=1S/C16H21FN2O3S/c1-12-3-4-13(9-14(12)17)23(21,22)19-7-5-16(6-8-19)10-15(20)18(2)11-16/h3-4,9H,5-8,10-11H2,1-2H3. The molecule has 3 rings (SSSR count). The summed E-state index contributed by atoms with van der Waals surface area (Å²) in [5, 5.41) is 0. The van der Waals surface area contributed by atoms with Gasteiger partial charge in [0.05, 0.1) is 4.90 Å². The fourth-order valence-corrected chi connectivity index (χ4v) is 4.98. The molecule has 7 heteroatoms. The minimum atomic E-state index is -3.68. The van der Waals surface area contributed by atoms with Crippen molar-refractivity contribution >= 4 is 15.9 Å². The van der Waals surface area contributed by atoms with Crippen molar-refractivity contribution in [2.75, 3.05) is 26.7 Å². The summed E-state index contributed by atoms with van der Waals surface area (Å²) in [5.41, 5.74) is 0.324. The van der Waals surface area contributed by atoms with Gasteiger partial charge < -0.3 is 4.90 Å². The highest BCUT2D eigenvalue weighted by atomic mass is 32.2. The first-order chi connectivity index (χ1) is 10.7. The summed E-state index contributed by atoms with van der Waals surface area (Å²) >= 11 is 0. The molecule has 2 aliphatic rings. The van der Waals surface area contributed by atoms with Gasteiger partial charge in [0, 0.05) is 33.1 Å². The van der Waals surface area contributed by atoms with E-state index in [2.05, 4.69) is 0 Å². The molecule has 2 fully saturated rings. The summed E-state index contributed by atoms with van der Waals surface area (Å²) < 4.78 is 40.4. The third kappa shape index (κ3) is 2.87. The van der Waals surface area contributed by atoms with Crippen molar-refractivity contribution in [1.29, 1.82) is 0 Å². The van der Waals surface area contributed by atoms with Crippen LogP contribution in [0.1, 0.15) is 24.8 Å². The topological polar surface area (TPSA) is 57.7 Å². The number of piperidine rings is 1. The average Bonchev–Trinajstić information content (AvgIpc) is 2.76. The summed E-state index contributed by atoms with van der Waals surface area (Å²) in [6.45, 7) is 3.04. The van der Waals surface area contributed by atoms with Crippen LogP contribution in [-0.4, -0.2) is 50.2 Å². The van der Waals surface area contributed by atoms with Crippen LogP contribution in [-0.2, 0) is 14.8 Å². The van der Waals surface area contributed by atoms with Crippen LogP contribution in [0.25, 0.3) is 0 Å². The number of carbonyl (C=O) groups is 1. The lowest BCUT2D eigenvalue weighted by Crippen LogP contribution is -2.44. The summed E-state index contributed by atoms with van der Waals surface area (Å²) in [4.78, 5) is 13.5. The Kier molecular flexibility index (Phi) is 3.96. The zero-order valence-corrected chi connectivity index (χ0v) is 14.2. The Morgan fingerprint density at radius 3 is 2.39 bits per heavy atom. The zero-order chi connectivity index (χ0) is 16.8. The summed E-state index contributed by atoms with van der Waals surface area (Å²) in [7, 11) is -1.89. The number of rotatable bonds is 2. The quantitative estimate of drug-likeness (QED) is 0.824. The Bertz CT molecular complexity index is 740. The fourth-order valence-electron chi connectivity index (χ4n) is 3.52. The van der Waals surface area contributed by atoms with Gasteiger partial charge in [0.25, 0.3) is 0 Å². The normalized spacial score (nSPS) is 22.0. The molecule has 1 amide bonds. The highest BCUT2D eigenvalue weighted by molar-refractivity contribution is 7.89. The van der Waals surface area contributed by atoms with E-state index in [0.29, 0.717) is 44.5 Å². The van der Waals surface area contributed by atoms with Gasteiger partial charge in [-0.05, 0) is 42.9 Å². The number of likely N-dealkylation sites (tertiary alicyclic amines) is 1. The van der Waals surface area contributed by atoms with Crippen LogP contribution in [0.3, 0.4) is 0 Å². The second kappa shape index (κ2) is 5.56. The molecule has 2 aliphatic heterocycles. The van der Waals surface area contributed by atoms with Crippen LogP contribution in [0.15, 0.2) is 23.1 Å². The van der Waals surface area contributed by atoms with E-state index < -0.39 is 15.8 Å². The first kappa shape index (κ1) is 16.4. The Hall–Kier alpha value is -1.47. The van der Waals surface area contributed by atoms with E-state index in [4.69, 9.17) is 0 Å². The monoisotopic (exact) mass is 340 g/mol. The third-order valence-electron chi connectivity index (χ3n) is 5.09. The van der Waals surface area contributed by atoms with E-state index in [1.807, 2.05) is 0 Å². The van der Waals surface area contributed by atoms with Gasteiger partial charge in [-0.25, -0.2) is 12.8 Å². The molecular formula is C16H21FN2O3S. The molecule has 0 aliphatic carbocycles. The van der Waals surface area contributed by atoms with Gasteiger partial charge in [-0.1, -0.05) is 6.07 Å². The lowest BCUT2D eigenvalue weighted by Gasteiger charge is -2.37. The van der Waals surface area contributed by atoms with Crippen molar-refractivity contribution in [2.24, 2.45) is 5.41 Å². The number of amides is 1. The molecule has 2 saturated heterocycles. The second-order valence-corrected chi connectivity index (χ2v) is 8.68. The number of nitrogens with zero attached hydrogens (tertiary/aromatic N) is 2. The van der Waals surface area contributed by atoms with Crippen molar-refractivity contribution in [3.63, 3.8) is 0 Å². The predicted octanol–water partition coefficient (Wildman–Crippen LogP) is 1.77. The highest BCUT2D eigenvalue weighted by Gasteiger charge is 2.45. The average molecular weight is 340 g/mol. The zero-order valence-electron chi connectivity index (χ0n) is 13.4. The Balaban J connectivity index is 1.76. The molecule has 23 heavy (non-hydrogen) atoms. The Morgan fingerprint density at radius 2 is 1.87 bits per heavy atom. The molecule has 0 unspecified atom stereocenters. The van der Waals surface area contributed by atoms with Crippen LogP contribution in [0.2, 0.25) is 0 Å². The summed E-state index contributed by atoms with van der Waals surface area (Å²) in [5.74, 6) is -0.385. The number of hydrogen-bond acceptors (Lipinski definition) is 3. The van der Waals surface area contributed by atoms with Crippen LogP contribution in [0.4, 0.5) is 4.39 Å². The molecule has 0 saturated carbocycles. The number of benzene rings is 1. The van der Waals surface area contributed by atoms with Gasteiger partial charge in [0.1, 0.15) is 5.82 Å². The van der Waals surface area contributed by atoms with Crippen LogP contribution >= 0.6 is 0 Å². The van der Waals surface area contributed by atoms with Gasteiger partial charge in [-0.2, -0.15) is 4.31 Å². The SMILES string of the molecule is Cc1ccc(S(=O)(=O)N2CCC3(CC2)CC(=O)N(C)C3)cc1F. The molecule has 1 spiro atoms. The van der Waals surface area contributed by atoms with Gasteiger partial charge in [-0.15, -0.1) is 0 Å². The maximum atomic E-state index is 13.7. The molecule has 2 heterocycles. The molecule has 0 radical (unpaired) electrons. The van der Waals surface area contributed by atoms with E-state index in [1.165, 1.54) is 16.4 Å². The molecule has 1 aromatic rings. The van der Waals surface area contributed by atoms with E-state index >= 15 is 0 Å². The second-order valence-electron chi connectivity index (χ2n) is 6.74. The van der Waals surface area contributed by atoms with E-state index in [-0.39, 0.29) is 16.2 Å². The number of sulfonamides is 1. The van der Waals surface area contributed by atoms with E-state index in [9.17, 15) is 17.6 Å². The predicted molar refractivity (Wildman–Crippen MR) is 83.8 cm³/mol. The molecule has 0 aromatic heterocycles. The number of hydrogen-bond donors (Lipinski definition) is 0. The maximum absolute atomic E-state index is 13.7. The minimum absolute atomic E-state index is 0.00355. The van der Waals surface area contributed by atoms with Crippen LogP contribution < -0.4 is 0 Å². The van der Waals surface area contributed by atoms with Crippen molar-refractivity contribution in [2.45, 2.75) is 31.1 Å². The highest BCUT2D eigenvalue weighted by Crippen LogP contribution is 2.41. The fraction of sp³-hybridized carbons (Fsp3) is 0.562. The van der Waals surface area contributed by atoms with Crippen LogP contribution in [0, 0.1) is 18.2 Å². The first-order valence-corrected chi connectivity index (χ1v) is 9.18. The third-order valence-corrected chi connectivity index (χ3v) is 6.98. The number of carbonyl (C=O) groups excluding carboxylic acids is 1. The molecule has 5 nitrogen and oxygen atoms in total. The molecular weight excluding hydrogens is 319 g/mol. The summed E-state index contributed by atoms with van der Waals surface area (Å²) in [6.07, 6.45) is 1.82. The van der Waals surface area contributed by atoms with Gasteiger partial charge >= 0.3 is 0 Å². The van der Waals surface area contributed by atoms with Crippen molar-refractivity contribution in [3.8, 4) is 0 Å². The van der Waals surface area contributed by atoms with E-state index in [1.54, 1.807) is 18.9 Å². The van der Waals surface area contributed by atoms with Crippen molar-refractivity contribution in [3.05, 3.63) is 29.6 Å². The van der Waals surface area contributed by atoms with Crippen molar-refractivity contribution in [1.82, 2.24) is 9.21 Å². The Morgan fingerprint density at radius 1 is 1.22 bits per heavy atom. The lowest BCUT2D eigenvalue weighted by atomic mass is 9.78. The van der Waals surface area contributed by atoms with Crippen LogP contribution in [0.5, 0.6) is 0 Å². The molecule has 0 N–H and O–H groups in total. The van der Waals surface area contributed by atoms with Gasteiger partial charge in [0.15, 0.2) is 0 Å². The van der Waals surface area contributed by atoms with E-state index in [0.717, 1.165) is 6.07 Å². The number of aryl methyl sites for hydroxylation is 1. The van der Waals surface area contributed by atoms with Gasteiger partial charge in [0.2, 0.25) is 15.9 Å². The molecule has 1 aromatic carbocycles. The molecule has 0 atom stereocenters. The molecule has 0 bridgehead atoms. The largest absolute Gasteiger partial charge is 0.345 e. The van der Waals surface area contributed by atoms with Crippen molar-refractivity contribution < 1.29 is 17.6 Å².